The van der Waals surface area contributed by atoms with Gasteiger partial charge in [0, 0.05) is 18.5 Å². The Morgan fingerprint density at radius 1 is 1.48 bits per heavy atom. The van der Waals surface area contributed by atoms with Crippen LogP contribution in [0.2, 0.25) is 0 Å². The lowest BCUT2D eigenvalue weighted by atomic mass is 9.83. The molecule has 1 aliphatic rings. The maximum Gasteiger partial charge on any atom is 0.226 e. The van der Waals surface area contributed by atoms with Crippen LogP contribution in [-0.2, 0) is 11.2 Å². The highest BCUT2D eigenvalue weighted by Gasteiger charge is 2.27. The minimum absolute atomic E-state index is 0.000788. The molecule has 1 atom stereocenters. The molecule has 2 N–H and O–H groups in total. The van der Waals surface area contributed by atoms with Crippen molar-refractivity contribution in [2.45, 2.75) is 26.2 Å². The summed E-state index contributed by atoms with van der Waals surface area (Å²) in [6.45, 7) is 4.95. The predicted octanol–water partition coefficient (Wildman–Crippen LogP) is 1.88. The normalized spacial score (nSPS) is 22.3. The molecule has 1 aliphatic heterocycles. The van der Waals surface area contributed by atoms with Gasteiger partial charge in [-0.1, -0.05) is 24.2 Å². The number of nitrogens with zero attached hydrogens (tertiary/aromatic N) is 1. The van der Waals surface area contributed by atoms with Crippen molar-refractivity contribution in [3.63, 3.8) is 0 Å². The number of hydrogen-bond donors (Lipinski definition) is 2. The van der Waals surface area contributed by atoms with Gasteiger partial charge >= 0.3 is 0 Å². The Morgan fingerprint density at radius 3 is 3.14 bits per heavy atom. The third kappa shape index (κ3) is 3.24. The summed E-state index contributed by atoms with van der Waals surface area (Å²) in [5.74, 6) is 0.000788. The number of piperidine rings is 1. The van der Waals surface area contributed by atoms with Crippen molar-refractivity contribution in [2.75, 3.05) is 19.6 Å². The van der Waals surface area contributed by atoms with Gasteiger partial charge in [-0.25, -0.2) is 0 Å². The Balaban J connectivity index is 1.59. The highest BCUT2D eigenvalue weighted by atomic mass is 16.5. The van der Waals surface area contributed by atoms with Gasteiger partial charge in [0.2, 0.25) is 5.91 Å². The van der Waals surface area contributed by atoms with Crippen molar-refractivity contribution in [1.82, 2.24) is 15.8 Å². The summed E-state index contributed by atoms with van der Waals surface area (Å²) in [7, 11) is 0. The van der Waals surface area contributed by atoms with Gasteiger partial charge in [0.1, 0.15) is 5.69 Å². The number of aromatic nitrogens is 1. The first-order valence-corrected chi connectivity index (χ1v) is 7.47. The molecule has 2 heterocycles. The number of fused-ring (bicyclic) bond motifs is 1. The quantitative estimate of drug-likeness (QED) is 0.901. The lowest BCUT2D eigenvalue weighted by Crippen LogP contribution is -2.46. The lowest BCUT2D eigenvalue weighted by Gasteiger charge is -2.34. The van der Waals surface area contributed by atoms with Gasteiger partial charge in [0.25, 0.3) is 0 Å². The van der Waals surface area contributed by atoms with Gasteiger partial charge in [0.05, 0.1) is 6.42 Å². The highest BCUT2D eigenvalue weighted by molar-refractivity contribution is 5.86. The van der Waals surface area contributed by atoms with Crippen LogP contribution in [0.1, 0.15) is 25.5 Å². The molecule has 1 fully saturated rings. The summed E-state index contributed by atoms with van der Waals surface area (Å²) in [5.41, 5.74) is 1.58. The maximum atomic E-state index is 12.1. The third-order valence-electron chi connectivity index (χ3n) is 4.18. The van der Waals surface area contributed by atoms with E-state index < -0.39 is 0 Å². The average Bonchev–Trinajstić information content (AvgIpc) is 2.90. The van der Waals surface area contributed by atoms with Crippen LogP contribution in [0.5, 0.6) is 0 Å². The van der Waals surface area contributed by atoms with Gasteiger partial charge in [-0.05, 0) is 36.9 Å². The van der Waals surface area contributed by atoms with E-state index in [1.54, 1.807) is 0 Å². The van der Waals surface area contributed by atoms with E-state index in [0.717, 1.165) is 30.5 Å². The van der Waals surface area contributed by atoms with E-state index in [1.807, 2.05) is 24.3 Å². The molecule has 0 bridgehead atoms. The SMILES string of the molecule is CC1(CNC(=O)Cc2noc3ccccc23)CCCNC1. The summed E-state index contributed by atoms with van der Waals surface area (Å²) < 4.78 is 5.22. The molecular weight excluding hydrogens is 266 g/mol. The molecular formula is C16H21N3O2. The van der Waals surface area contributed by atoms with E-state index in [2.05, 4.69) is 22.7 Å². The van der Waals surface area contributed by atoms with Gasteiger partial charge in [0.15, 0.2) is 5.58 Å². The average molecular weight is 287 g/mol. The standard InChI is InChI=1S/C16H21N3O2/c1-16(7-4-8-17-10-16)11-18-15(20)9-13-12-5-2-3-6-14(12)21-19-13/h2-3,5-6,17H,4,7-11H2,1H3,(H,18,20). The monoisotopic (exact) mass is 287 g/mol. The summed E-state index contributed by atoms with van der Waals surface area (Å²) in [5, 5.41) is 11.3. The highest BCUT2D eigenvalue weighted by Crippen LogP contribution is 2.24. The smallest absolute Gasteiger partial charge is 0.226 e. The number of carbonyl (C=O) groups is 1. The zero-order valence-corrected chi connectivity index (χ0v) is 12.3. The Bertz CT molecular complexity index is 629. The molecule has 112 valence electrons. The predicted molar refractivity (Wildman–Crippen MR) is 80.9 cm³/mol. The Kier molecular flexibility index (Phi) is 3.92. The van der Waals surface area contributed by atoms with Crippen molar-refractivity contribution < 1.29 is 9.32 Å². The van der Waals surface area contributed by atoms with Gasteiger partial charge in [-0.15, -0.1) is 0 Å². The fourth-order valence-electron chi connectivity index (χ4n) is 2.86. The Hall–Kier alpha value is -1.88. The molecule has 1 unspecified atom stereocenters. The zero-order valence-electron chi connectivity index (χ0n) is 12.3. The first kappa shape index (κ1) is 14.1. The first-order valence-electron chi connectivity index (χ1n) is 7.47. The molecule has 1 aromatic heterocycles. The number of carbonyl (C=O) groups excluding carboxylic acids is 1. The Morgan fingerprint density at radius 2 is 2.33 bits per heavy atom. The van der Waals surface area contributed by atoms with Gasteiger partial charge < -0.3 is 15.2 Å². The fraction of sp³-hybridized carbons (Fsp3) is 0.500. The summed E-state index contributed by atoms with van der Waals surface area (Å²) in [4.78, 5) is 12.1. The topological polar surface area (TPSA) is 67.2 Å². The molecule has 0 saturated carbocycles. The van der Waals surface area contributed by atoms with Crippen molar-refractivity contribution in [1.29, 1.82) is 0 Å². The van der Waals surface area contributed by atoms with Crippen molar-refractivity contribution in [3.8, 4) is 0 Å². The Labute approximate surface area is 124 Å². The minimum atomic E-state index is 0.000788. The van der Waals surface area contributed by atoms with Crippen LogP contribution in [-0.4, -0.2) is 30.7 Å². The van der Waals surface area contributed by atoms with E-state index in [4.69, 9.17) is 4.52 Å². The molecule has 5 nitrogen and oxygen atoms in total. The number of amides is 1. The molecule has 21 heavy (non-hydrogen) atoms. The molecule has 0 spiro atoms. The number of para-hydroxylation sites is 1. The number of nitrogens with one attached hydrogen (secondary N) is 2. The number of hydrogen-bond acceptors (Lipinski definition) is 4. The molecule has 1 saturated heterocycles. The van der Waals surface area contributed by atoms with E-state index in [9.17, 15) is 4.79 Å². The van der Waals surface area contributed by atoms with Crippen LogP contribution in [0.4, 0.5) is 0 Å². The van der Waals surface area contributed by atoms with E-state index >= 15 is 0 Å². The van der Waals surface area contributed by atoms with E-state index in [-0.39, 0.29) is 17.7 Å². The summed E-state index contributed by atoms with van der Waals surface area (Å²) in [6.07, 6.45) is 2.58. The minimum Gasteiger partial charge on any atom is -0.356 e. The van der Waals surface area contributed by atoms with Crippen LogP contribution in [0.3, 0.4) is 0 Å². The second-order valence-electron chi connectivity index (χ2n) is 6.17. The summed E-state index contributed by atoms with van der Waals surface area (Å²) >= 11 is 0. The van der Waals surface area contributed by atoms with E-state index in [0.29, 0.717) is 12.2 Å². The number of benzene rings is 1. The van der Waals surface area contributed by atoms with Crippen molar-refractivity contribution >= 4 is 16.9 Å². The lowest BCUT2D eigenvalue weighted by molar-refractivity contribution is -0.121. The van der Waals surface area contributed by atoms with Crippen LogP contribution < -0.4 is 10.6 Å². The van der Waals surface area contributed by atoms with E-state index in [1.165, 1.54) is 6.42 Å². The van der Waals surface area contributed by atoms with Crippen LogP contribution in [0, 0.1) is 5.41 Å². The third-order valence-corrected chi connectivity index (χ3v) is 4.18. The molecule has 0 aliphatic carbocycles. The molecule has 3 rings (SSSR count). The second kappa shape index (κ2) is 5.85. The zero-order chi connectivity index (χ0) is 14.7. The molecule has 1 aromatic carbocycles. The van der Waals surface area contributed by atoms with Gasteiger partial charge in [-0.2, -0.15) is 0 Å². The molecule has 2 aromatic rings. The van der Waals surface area contributed by atoms with Crippen molar-refractivity contribution in [3.05, 3.63) is 30.0 Å². The fourth-order valence-corrected chi connectivity index (χ4v) is 2.86. The molecule has 0 radical (unpaired) electrons. The molecule has 1 amide bonds. The number of rotatable bonds is 4. The first-order chi connectivity index (χ1) is 10.2. The van der Waals surface area contributed by atoms with Crippen LogP contribution in [0.25, 0.3) is 11.0 Å². The largest absolute Gasteiger partial charge is 0.356 e. The van der Waals surface area contributed by atoms with Crippen LogP contribution >= 0.6 is 0 Å². The van der Waals surface area contributed by atoms with Crippen LogP contribution in [0.15, 0.2) is 28.8 Å². The van der Waals surface area contributed by atoms with Gasteiger partial charge in [-0.3, -0.25) is 4.79 Å². The molecule has 5 heteroatoms. The second-order valence-corrected chi connectivity index (χ2v) is 6.17. The maximum absolute atomic E-state index is 12.1. The summed E-state index contributed by atoms with van der Waals surface area (Å²) in [6, 6.07) is 7.61. The van der Waals surface area contributed by atoms with Crippen molar-refractivity contribution in [2.24, 2.45) is 5.41 Å².